The van der Waals surface area contributed by atoms with E-state index in [1.165, 1.54) is 28.0 Å². The van der Waals surface area contributed by atoms with Gasteiger partial charge in [0.25, 0.3) is 0 Å². The fourth-order valence-corrected chi connectivity index (χ4v) is 6.07. The Labute approximate surface area is 201 Å². The van der Waals surface area contributed by atoms with E-state index < -0.39 is 5.25 Å². The first-order valence-electron chi connectivity index (χ1n) is 11.0. The molecule has 0 spiro atoms. The molecule has 3 heterocycles. The molecule has 1 aliphatic carbocycles. The predicted octanol–water partition coefficient (Wildman–Crippen LogP) is 4.36. The zero-order chi connectivity index (χ0) is 23.5. The van der Waals surface area contributed by atoms with Gasteiger partial charge in [0.15, 0.2) is 11.0 Å². The highest BCUT2D eigenvalue weighted by atomic mass is 32.2. The quantitative estimate of drug-likeness (QED) is 0.392. The Morgan fingerprint density at radius 2 is 2.09 bits per heavy atom. The summed E-state index contributed by atoms with van der Waals surface area (Å²) in [5.41, 5.74) is 2.46. The number of amides is 1. The third-order valence-corrected chi connectivity index (χ3v) is 7.96. The standard InChI is InChI=1S/C23H27N5O3S2/c1-5-31-22(30)18-16-7-6-13(2)12-17(16)33-21(18)25-20(29)14(3)32-23-27-26-19(28(23)4)15-8-10-24-11-9-15/h8-11,13-14H,5-7,12H2,1-4H3,(H,25,29). The number of hydrogen-bond acceptors (Lipinski definition) is 8. The largest absolute Gasteiger partial charge is 0.462 e. The van der Waals surface area contributed by atoms with Crippen molar-refractivity contribution in [2.24, 2.45) is 13.0 Å². The number of ether oxygens (including phenoxy) is 1. The number of carbonyl (C=O) groups excluding carboxylic acids is 2. The lowest BCUT2D eigenvalue weighted by molar-refractivity contribution is -0.115. The summed E-state index contributed by atoms with van der Waals surface area (Å²) in [6, 6.07) is 3.73. The molecule has 3 aromatic rings. The number of hydrogen-bond donors (Lipinski definition) is 1. The van der Waals surface area contributed by atoms with Crippen LogP contribution in [0.1, 0.15) is 48.0 Å². The number of aromatic nitrogens is 4. The van der Waals surface area contributed by atoms with Gasteiger partial charge in [0.2, 0.25) is 5.91 Å². The zero-order valence-electron chi connectivity index (χ0n) is 19.1. The Kier molecular flexibility index (Phi) is 7.14. The molecule has 4 rings (SSSR count). The number of esters is 1. The van der Waals surface area contributed by atoms with Crippen molar-refractivity contribution in [3.63, 3.8) is 0 Å². The second kappa shape index (κ2) is 10.0. The highest BCUT2D eigenvalue weighted by Gasteiger charge is 2.30. The molecule has 1 amide bonds. The van der Waals surface area contributed by atoms with E-state index >= 15 is 0 Å². The van der Waals surface area contributed by atoms with E-state index in [9.17, 15) is 9.59 Å². The summed E-state index contributed by atoms with van der Waals surface area (Å²) in [5, 5.41) is 12.3. The van der Waals surface area contributed by atoms with E-state index in [-0.39, 0.29) is 11.9 Å². The van der Waals surface area contributed by atoms with Crippen LogP contribution in [-0.2, 0) is 29.4 Å². The molecule has 0 saturated heterocycles. The molecule has 1 aliphatic rings. The third-order valence-electron chi connectivity index (χ3n) is 5.65. The number of nitrogens with one attached hydrogen (secondary N) is 1. The van der Waals surface area contributed by atoms with Gasteiger partial charge in [-0.2, -0.15) is 0 Å². The topological polar surface area (TPSA) is 99.0 Å². The van der Waals surface area contributed by atoms with Crippen molar-refractivity contribution in [2.75, 3.05) is 11.9 Å². The summed E-state index contributed by atoms with van der Waals surface area (Å²) in [7, 11) is 1.87. The van der Waals surface area contributed by atoms with E-state index in [0.29, 0.717) is 34.1 Å². The SMILES string of the molecule is CCOC(=O)c1c(NC(=O)C(C)Sc2nnc(-c3ccncc3)n2C)sc2c1CCC(C)C2. The van der Waals surface area contributed by atoms with Gasteiger partial charge in [0, 0.05) is 29.9 Å². The summed E-state index contributed by atoms with van der Waals surface area (Å²) >= 11 is 2.82. The van der Waals surface area contributed by atoms with Crippen molar-refractivity contribution in [3.8, 4) is 11.4 Å². The molecule has 2 unspecified atom stereocenters. The maximum atomic E-state index is 13.1. The molecule has 0 radical (unpaired) electrons. The molecule has 0 bridgehead atoms. The van der Waals surface area contributed by atoms with Crippen molar-refractivity contribution in [1.29, 1.82) is 0 Å². The van der Waals surface area contributed by atoms with Crippen LogP contribution in [0, 0.1) is 5.92 Å². The van der Waals surface area contributed by atoms with Crippen LogP contribution in [0.15, 0.2) is 29.7 Å². The number of fused-ring (bicyclic) bond motifs is 1. The number of pyridine rings is 1. The molecule has 0 saturated carbocycles. The maximum absolute atomic E-state index is 13.1. The van der Waals surface area contributed by atoms with Crippen LogP contribution in [0.3, 0.4) is 0 Å². The van der Waals surface area contributed by atoms with Gasteiger partial charge in [0.05, 0.1) is 17.4 Å². The first kappa shape index (κ1) is 23.4. The predicted molar refractivity (Wildman–Crippen MR) is 130 cm³/mol. The minimum Gasteiger partial charge on any atom is -0.462 e. The summed E-state index contributed by atoms with van der Waals surface area (Å²) < 4.78 is 7.16. The van der Waals surface area contributed by atoms with Crippen molar-refractivity contribution < 1.29 is 14.3 Å². The van der Waals surface area contributed by atoms with Gasteiger partial charge in [0.1, 0.15) is 5.00 Å². The molecule has 0 aromatic carbocycles. The van der Waals surface area contributed by atoms with E-state index in [0.717, 1.165) is 30.4 Å². The summed E-state index contributed by atoms with van der Waals surface area (Å²) in [4.78, 5) is 31.0. The third kappa shape index (κ3) is 4.96. The van der Waals surface area contributed by atoms with Gasteiger partial charge in [-0.05, 0) is 56.7 Å². The normalized spacial score (nSPS) is 16.2. The Bertz CT molecular complexity index is 1160. The monoisotopic (exact) mass is 485 g/mol. The Balaban J connectivity index is 1.52. The molecule has 0 fully saturated rings. The molecular weight excluding hydrogens is 458 g/mol. The van der Waals surface area contributed by atoms with Crippen LogP contribution in [0.5, 0.6) is 0 Å². The maximum Gasteiger partial charge on any atom is 0.341 e. The average molecular weight is 486 g/mol. The minimum atomic E-state index is -0.439. The zero-order valence-corrected chi connectivity index (χ0v) is 20.8. The molecular formula is C23H27N5O3S2. The number of carbonyl (C=O) groups is 2. The first-order valence-corrected chi connectivity index (χ1v) is 12.7. The number of thioether (sulfide) groups is 1. The highest BCUT2D eigenvalue weighted by molar-refractivity contribution is 8.00. The molecule has 8 nitrogen and oxygen atoms in total. The van der Waals surface area contributed by atoms with Crippen LogP contribution < -0.4 is 5.32 Å². The van der Waals surface area contributed by atoms with Crippen LogP contribution >= 0.6 is 23.1 Å². The van der Waals surface area contributed by atoms with Crippen molar-refractivity contribution in [2.45, 2.75) is 50.4 Å². The van der Waals surface area contributed by atoms with Gasteiger partial charge in [-0.25, -0.2) is 4.79 Å². The lowest BCUT2D eigenvalue weighted by Crippen LogP contribution is -2.24. The van der Waals surface area contributed by atoms with E-state index in [4.69, 9.17) is 4.74 Å². The fraction of sp³-hybridized carbons (Fsp3) is 0.435. The van der Waals surface area contributed by atoms with Gasteiger partial charge < -0.3 is 14.6 Å². The average Bonchev–Trinajstić information content (AvgIpc) is 3.33. The van der Waals surface area contributed by atoms with Crippen LogP contribution in [0.2, 0.25) is 0 Å². The Hall–Kier alpha value is -2.72. The Morgan fingerprint density at radius 1 is 1.33 bits per heavy atom. The summed E-state index contributed by atoms with van der Waals surface area (Å²) in [5.74, 6) is 0.716. The lowest BCUT2D eigenvalue weighted by atomic mass is 9.88. The van der Waals surface area contributed by atoms with Gasteiger partial charge >= 0.3 is 5.97 Å². The lowest BCUT2D eigenvalue weighted by Gasteiger charge is -2.18. The van der Waals surface area contributed by atoms with Crippen LogP contribution in [0.4, 0.5) is 5.00 Å². The van der Waals surface area contributed by atoms with E-state index in [1.54, 1.807) is 19.3 Å². The van der Waals surface area contributed by atoms with E-state index in [2.05, 4.69) is 27.4 Å². The number of thiophene rings is 1. The fourth-order valence-electron chi connectivity index (χ4n) is 3.85. The molecule has 3 aromatic heterocycles. The molecule has 174 valence electrons. The molecule has 10 heteroatoms. The minimum absolute atomic E-state index is 0.189. The Morgan fingerprint density at radius 3 is 2.82 bits per heavy atom. The molecule has 33 heavy (non-hydrogen) atoms. The van der Waals surface area contributed by atoms with Crippen molar-refractivity contribution in [3.05, 3.63) is 40.5 Å². The number of nitrogens with zero attached hydrogens (tertiary/aromatic N) is 4. The first-order chi connectivity index (χ1) is 15.9. The second-order valence-corrected chi connectivity index (χ2v) is 10.5. The van der Waals surface area contributed by atoms with Crippen molar-refractivity contribution in [1.82, 2.24) is 19.7 Å². The van der Waals surface area contributed by atoms with Crippen molar-refractivity contribution >= 4 is 40.0 Å². The highest BCUT2D eigenvalue weighted by Crippen LogP contribution is 2.40. The van der Waals surface area contributed by atoms with Gasteiger partial charge in [-0.1, -0.05) is 18.7 Å². The van der Waals surface area contributed by atoms with Gasteiger partial charge in [-0.3, -0.25) is 9.78 Å². The second-order valence-electron chi connectivity index (χ2n) is 8.13. The summed E-state index contributed by atoms with van der Waals surface area (Å²) in [6.07, 6.45) is 6.19. The van der Waals surface area contributed by atoms with Crippen LogP contribution in [0.25, 0.3) is 11.4 Å². The van der Waals surface area contributed by atoms with Crippen LogP contribution in [-0.4, -0.2) is 43.5 Å². The summed E-state index contributed by atoms with van der Waals surface area (Å²) in [6.45, 7) is 6.12. The smallest absolute Gasteiger partial charge is 0.341 e. The molecule has 1 N–H and O–H groups in total. The van der Waals surface area contributed by atoms with E-state index in [1.807, 2.05) is 30.7 Å². The molecule has 2 atom stereocenters. The van der Waals surface area contributed by atoms with Gasteiger partial charge in [-0.15, -0.1) is 21.5 Å². The molecule has 0 aliphatic heterocycles. The number of rotatable bonds is 7. The number of anilines is 1.